The van der Waals surface area contributed by atoms with E-state index in [4.69, 9.17) is 9.15 Å². The number of methoxy groups -OCH3 is 1. The summed E-state index contributed by atoms with van der Waals surface area (Å²) in [4.78, 5) is 28.3. The number of likely N-dealkylation sites (tertiary alicyclic amines) is 1. The lowest BCUT2D eigenvalue weighted by Crippen LogP contribution is -2.51. The van der Waals surface area contributed by atoms with Gasteiger partial charge in [-0.3, -0.25) is 9.59 Å². The van der Waals surface area contributed by atoms with Crippen molar-refractivity contribution in [2.75, 3.05) is 20.2 Å². The molecule has 1 aromatic heterocycles. The smallest absolute Gasteiger partial charge is 0.233 e. The molecule has 1 aliphatic carbocycles. The molecule has 2 heterocycles. The highest BCUT2D eigenvalue weighted by Gasteiger charge is 2.44. The molecule has 0 spiro atoms. The maximum absolute atomic E-state index is 13.8. The summed E-state index contributed by atoms with van der Waals surface area (Å²) in [5.74, 6) is 1.78. The molecule has 6 nitrogen and oxygen atoms in total. The molecular formula is C25H32N2O4. The lowest BCUT2D eigenvalue weighted by atomic mass is 9.68. The number of hydrogen-bond donors (Lipinski definition) is 1. The lowest BCUT2D eigenvalue weighted by molar-refractivity contribution is -0.142. The van der Waals surface area contributed by atoms with E-state index in [0.29, 0.717) is 32.5 Å². The van der Waals surface area contributed by atoms with Crippen LogP contribution in [0.4, 0.5) is 0 Å². The molecule has 0 bridgehead atoms. The maximum atomic E-state index is 13.8. The highest BCUT2D eigenvalue weighted by molar-refractivity contribution is 5.89. The summed E-state index contributed by atoms with van der Waals surface area (Å²) in [7, 11) is 1.66. The monoisotopic (exact) mass is 424 g/mol. The Balaban J connectivity index is 1.40. The minimum absolute atomic E-state index is 0.0473. The largest absolute Gasteiger partial charge is 0.497 e. The third kappa shape index (κ3) is 4.63. The van der Waals surface area contributed by atoms with Gasteiger partial charge < -0.3 is 19.4 Å². The van der Waals surface area contributed by atoms with E-state index in [-0.39, 0.29) is 17.7 Å². The van der Waals surface area contributed by atoms with Crippen molar-refractivity contribution in [1.29, 1.82) is 0 Å². The van der Waals surface area contributed by atoms with E-state index in [1.165, 1.54) is 6.42 Å². The Morgan fingerprint density at radius 1 is 1.10 bits per heavy atom. The molecule has 2 fully saturated rings. The third-order valence-electron chi connectivity index (χ3n) is 6.93. The Hall–Kier alpha value is -2.76. The number of benzene rings is 1. The van der Waals surface area contributed by atoms with Gasteiger partial charge in [-0.25, -0.2) is 0 Å². The Labute approximate surface area is 183 Å². The molecule has 0 unspecified atom stereocenters. The molecule has 4 rings (SSSR count). The molecule has 166 valence electrons. The van der Waals surface area contributed by atoms with Crippen LogP contribution >= 0.6 is 0 Å². The van der Waals surface area contributed by atoms with Gasteiger partial charge in [0.15, 0.2) is 0 Å². The van der Waals surface area contributed by atoms with Crippen molar-refractivity contribution < 1.29 is 18.7 Å². The standard InChI is InChI=1S/C25H32N2O4/c1-30-21-9-7-20(8-10-21)25(13-3-2-4-14-25)24(29)27-15-11-19(12-16-27)23(28)26-18-22-6-5-17-31-22/h5-10,17,19H,2-4,11-16,18H2,1H3,(H,26,28). The summed E-state index contributed by atoms with van der Waals surface area (Å²) >= 11 is 0. The van der Waals surface area contributed by atoms with Gasteiger partial charge in [0.25, 0.3) is 0 Å². The van der Waals surface area contributed by atoms with E-state index in [1.54, 1.807) is 13.4 Å². The number of ether oxygens (including phenoxy) is 1. The number of nitrogens with zero attached hydrogens (tertiary/aromatic N) is 1. The second-order valence-electron chi connectivity index (χ2n) is 8.73. The lowest BCUT2D eigenvalue weighted by Gasteiger charge is -2.42. The van der Waals surface area contributed by atoms with E-state index < -0.39 is 5.41 Å². The molecule has 1 aromatic carbocycles. The molecule has 6 heteroatoms. The van der Waals surface area contributed by atoms with Crippen molar-refractivity contribution >= 4 is 11.8 Å². The molecule has 1 saturated carbocycles. The summed E-state index contributed by atoms with van der Waals surface area (Å²) < 4.78 is 10.6. The number of amides is 2. The zero-order chi connectivity index (χ0) is 21.7. The maximum Gasteiger partial charge on any atom is 0.233 e. The van der Waals surface area contributed by atoms with Crippen LogP contribution in [0.15, 0.2) is 47.1 Å². The van der Waals surface area contributed by atoms with Crippen LogP contribution in [-0.2, 0) is 21.5 Å². The summed E-state index contributed by atoms with van der Waals surface area (Å²) in [6.07, 6.45) is 8.12. The van der Waals surface area contributed by atoms with Crippen LogP contribution in [0, 0.1) is 5.92 Å². The van der Waals surface area contributed by atoms with E-state index >= 15 is 0 Å². The highest BCUT2D eigenvalue weighted by Crippen LogP contribution is 2.42. The quantitative estimate of drug-likeness (QED) is 0.760. The molecule has 2 aliphatic rings. The van der Waals surface area contributed by atoms with Gasteiger partial charge in [0, 0.05) is 19.0 Å². The SMILES string of the molecule is COc1ccc(C2(C(=O)N3CCC(C(=O)NCc4ccco4)CC3)CCCCC2)cc1. The van der Waals surface area contributed by atoms with E-state index in [2.05, 4.69) is 17.4 Å². The first-order valence-electron chi connectivity index (χ1n) is 11.4. The molecular weight excluding hydrogens is 392 g/mol. The zero-order valence-corrected chi connectivity index (χ0v) is 18.3. The summed E-state index contributed by atoms with van der Waals surface area (Å²) in [5.41, 5.74) is 0.648. The van der Waals surface area contributed by atoms with Crippen LogP contribution in [-0.4, -0.2) is 36.9 Å². The van der Waals surface area contributed by atoms with Crippen molar-refractivity contribution in [1.82, 2.24) is 10.2 Å². The molecule has 0 radical (unpaired) electrons. The molecule has 1 aliphatic heterocycles. The van der Waals surface area contributed by atoms with Crippen LogP contribution in [0.3, 0.4) is 0 Å². The van der Waals surface area contributed by atoms with E-state index in [1.807, 2.05) is 29.2 Å². The van der Waals surface area contributed by atoms with Gasteiger partial charge in [-0.1, -0.05) is 31.4 Å². The second-order valence-corrected chi connectivity index (χ2v) is 8.73. The molecule has 31 heavy (non-hydrogen) atoms. The molecule has 0 atom stereocenters. The average Bonchev–Trinajstić information content (AvgIpc) is 3.36. The highest BCUT2D eigenvalue weighted by atomic mass is 16.5. The Morgan fingerprint density at radius 3 is 2.42 bits per heavy atom. The van der Waals surface area contributed by atoms with Crippen LogP contribution in [0.1, 0.15) is 56.3 Å². The zero-order valence-electron chi connectivity index (χ0n) is 18.3. The number of piperidine rings is 1. The van der Waals surface area contributed by atoms with Crippen LogP contribution in [0.25, 0.3) is 0 Å². The Kier molecular flexibility index (Phi) is 6.64. The predicted octanol–water partition coefficient (Wildman–Crippen LogP) is 4.05. The fourth-order valence-corrected chi connectivity index (χ4v) is 5.07. The number of furan rings is 1. The van der Waals surface area contributed by atoms with Crippen molar-refractivity contribution in [2.24, 2.45) is 5.92 Å². The first-order valence-corrected chi connectivity index (χ1v) is 11.4. The number of carbonyl (C=O) groups excluding carboxylic acids is 2. The number of hydrogen-bond acceptors (Lipinski definition) is 4. The summed E-state index contributed by atoms with van der Waals surface area (Å²) in [6.45, 7) is 1.68. The van der Waals surface area contributed by atoms with E-state index in [0.717, 1.165) is 42.8 Å². The first-order chi connectivity index (χ1) is 15.1. The van der Waals surface area contributed by atoms with Crippen molar-refractivity contribution in [3.8, 4) is 5.75 Å². The normalized spacial score (nSPS) is 19.1. The van der Waals surface area contributed by atoms with Gasteiger partial charge >= 0.3 is 0 Å². The van der Waals surface area contributed by atoms with Crippen molar-refractivity contribution in [3.63, 3.8) is 0 Å². The van der Waals surface area contributed by atoms with Crippen molar-refractivity contribution in [3.05, 3.63) is 54.0 Å². The van der Waals surface area contributed by atoms with Gasteiger partial charge in [0.05, 0.1) is 25.3 Å². The molecule has 2 amide bonds. The molecule has 1 N–H and O–H groups in total. The van der Waals surface area contributed by atoms with Gasteiger partial charge in [0.2, 0.25) is 11.8 Å². The Bertz CT molecular complexity index is 861. The molecule has 1 saturated heterocycles. The van der Waals surface area contributed by atoms with Gasteiger partial charge in [-0.2, -0.15) is 0 Å². The predicted molar refractivity (Wildman–Crippen MR) is 118 cm³/mol. The minimum atomic E-state index is -0.446. The number of nitrogens with one attached hydrogen (secondary N) is 1. The van der Waals surface area contributed by atoms with Gasteiger partial charge in [-0.05, 0) is 55.5 Å². The fourth-order valence-electron chi connectivity index (χ4n) is 5.07. The third-order valence-corrected chi connectivity index (χ3v) is 6.93. The van der Waals surface area contributed by atoms with E-state index in [9.17, 15) is 9.59 Å². The Morgan fingerprint density at radius 2 is 1.81 bits per heavy atom. The summed E-state index contributed by atoms with van der Waals surface area (Å²) in [6, 6.07) is 11.7. The topological polar surface area (TPSA) is 71.8 Å². The average molecular weight is 425 g/mol. The van der Waals surface area contributed by atoms with Crippen LogP contribution in [0.2, 0.25) is 0 Å². The number of carbonyl (C=O) groups is 2. The summed E-state index contributed by atoms with van der Waals surface area (Å²) in [5, 5.41) is 2.96. The first kappa shape index (κ1) is 21.5. The van der Waals surface area contributed by atoms with Crippen LogP contribution < -0.4 is 10.1 Å². The van der Waals surface area contributed by atoms with Crippen molar-refractivity contribution in [2.45, 2.75) is 56.9 Å². The molecule has 2 aromatic rings. The van der Waals surface area contributed by atoms with Gasteiger partial charge in [-0.15, -0.1) is 0 Å². The minimum Gasteiger partial charge on any atom is -0.497 e. The van der Waals surface area contributed by atoms with Gasteiger partial charge in [0.1, 0.15) is 11.5 Å². The fraction of sp³-hybridized carbons (Fsp3) is 0.520. The number of rotatable bonds is 6. The second kappa shape index (κ2) is 9.58. The van der Waals surface area contributed by atoms with Crippen LogP contribution in [0.5, 0.6) is 5.75 Å².